The van der Waals surface area contributed by atoms with Crippen molar-refractivity contribution in [1.82, 2.24) is 4.72 Å². The summed E-state index contributed by atoms with van der Waals surface area (Å²) in [6.45, 7) is 2.08. The van der Waals surface area contributed by atoms with Crippen molar-refractivity contribution < 1.29 is 18.8 Å². The van der Waals surface area contributed by atoms with Gasteiger partial charge in [0.25, 0.3) is 5.91 Å². The van der Waals surface area contributed by atoms with Gasteiger partial charge in [-0.3, -0.25) is 9.52 Å². The highest BCUT2D eigenvalue weighted by Crippen LogP contribution is 2.46. The van der Waals surface area contributed by atoms with Crippen LogP contribution < -0.4 is 14.4 Å². The SMILES string of the molecule is C=S1(=O)C/C=C/C[C@H](O)[C@@H]2CC[C@H]2CN2C[C@@]3(CCCc4cc(Cl)ccc43)COc3ccc(cc32)C(=O)N1. The Bertz CT molecular complexity index is 1390. The molecule has 202 valence electrons. The Labute approximate surface area is 230 Å². The van der Waals surface area contributed by atoms with Crippen LogP contribution in [0.2, 0.25) is 5.02 Å². The molecule has 38 heavy (non-hydrogen) atoms. The summed E-state index contributed by atoms with van der Waals surface area (Å²) in [4.78, 5) is 15.5. The van der Waals surface area contributed by atoms with Gasteiger partial charge in [0.05, 0.1) is 33.9 Å². The number of hydrogen-bond donors (Lipinski definition) is 2. The van der Waals surface area contributed by atoms with Crippen molar-refractivity contribution in [3.63, 3.8) is 0 Å². The molecule has 1 spiro atoms. The largest absolute Gasteiger partial charge is 0.490 e. The minimum Gasteiger partial charge on any atom is -0.490 e. The topological polar surface area (TPSA) is 78.9 Å². The number of amides is 1. The molecule has 2 bridgehead atoms. The zero-order valence-electron chi connectivity index (χ0n) is 21.5. The van der Waals surface area contributed by atoms with Gasteiger partial charge in [-0.15, -0.1) is 0 Å². The highest BCUT2D eigenvalue weighted by molar-refractivity contribution is 7.99. The minimum atomic E-state index is -2.85. The number of aliphatic hydroxyl groups is 1. The molecule has 2 aromatic carbocycles. The maximum atomic E-state index is 13.1. The van der Waals surface area contributed by atoms with Gasteiger partial charge in [0.2, 0.25) is 0 Å². The lowest BCUT2D eigenvalue weighted by molar-refractivity contribution is 0.0177. The molecule has 2 heterocycles. The molecule has 6 rings (SSSR count). The van der Waals surface area contributed by atoms with Crippen LogP contribution in [0.5, 0.6) is 5.75 Å². The van der Waals surface area contributed by atoms with Crippen molar-refractivity contribution in [3.05, 3.63) is 70.3 Å². The van der Waals surface area contributed by atoms with E-state index in [0.29, 0.717) is 24.5 Å². The monoisotopic (exact) mass is 554 g/mol. The van der Waals surface area contributed by atoms with Crippen molar-refractivity contribution in [2.24, 2.45) is 11.8 Å². The van der Waals surface area contributed by atoms with Gasteiger partial charge in [-0.1, -0.05) is 29.8 Å². The molecule has 6 nitrogen and oxygen atoms in total. The van der Waals surface area contributed by atoms with E-state index in [2.05, 4.69) is 27.6 Å². The molecule has 2 aliphatic heterocycles. The number of benzene rings is 2. The number of halogens is 1. The third-order valence-electron chi connectivity index (χ3n) is 8.91. The quantitative estimate of drug-likeness (QED) is 0.370. The Morgan fingerprint density at radius 1 is 1.18 bits per heavy atom. The average Bonchev–Trinajstić information content (AvgIpc) is 3.01. The maximum Gasteiger partial charge on any atom is 0.262 e. The Kier molecular flexibility index (Phi) is 6.73. The number of aliphatic hydroxyl groups excluding tert-OH is 1. The lowest BCUT2D eigenvalue weighted by Crippen LogP contribution is -2.49. The molecule has 2 aromatic rings. The zero-order valence-corrected chi connectivity index (χ0v) is 23.1. The lowest BCUT2D eigenvalue weighted by atomic mass is 9.68. The van der Waals surface area contributed by atoms with Gasteiger partial charge in [0, 0.05) is 29.1 Å². The Balaban J connectivity index is 1.43. The van der Waals surface area contributed by atoms with Gasteiger partial charge in [0.15, 0.2) is 0 Å². The van der Waals surface area contributed by atoms with Gasteiger partial charge >= 0.3 is 0 Å². The van der Waals surface area contributed by atoms with Crippen molar-refractivity contribution >= 4 is 38.8 Å². The van der Waals surface area contributed by atoms with Crippen LogP contribution in [0.15, 0.2) is 48.6 Å². The van der Waals surface area contributed by atoms with E-state index in [-0.39, 0.29) is 17.1 Å². The molecule has 5 atom stereocenters. The fourth-order valence-corrected chi connectivity index (χ4v) is 7.95. The molecular weight excluding hydrogens is 520 g/mol. The summed E-state index contributed by atoms with van der Waals surface area (Å²) in [5, 5.41) is 11.7. The molecule has 0 saturated heterocycles. The fourth-order valence-electron chi connectivity index (χ4n) is 6.77. The standard InChI is InChI=1S/C30H35ClN2O4S/c1-38(36)14-3-2-6-27(34)24-10-7-22(24)17-33-18-30(13-4-5-20-15-23(31)9-11-25(20)30)19-37-28-12-8-21(16-26(28)33)29(35)32-38/h2-3,8-9,11-12,15-16,22,24,27,34H,1,4-7,10,13-14,17-19H2,(H,32,35,36)/b3-2+/t22-,24+,27-,30-,38?/m0/s1. The summed E-state index contributed by atoms with van der Waals surface area (Å²) in [7, 11) is -2.85. The molecule has 1 saturated carbocycles. The van der Waals surface area contributed by atoms with Crippen LogP contribution in [0.3, 0.4) is 0 Å². The van der Waals surface area contributed by atoms with Gasteiger partial charge in [-0.2, -0.15) is 0 Å². The Hall–Kier alpha value is -2.48. The first-order chi connectivity index (χ1) is 18.2. The highest BCUT2D eigenvalue weighted by Gasteiger charge is 2.44. The minimum absolute atomic E-state index is 0.131. The number of hydrogen-bond acceptors (Lipinski definition) is 5. The first kappa shape index (κ1) is 25.8. The van der Waals surface area contributed by atoms with E-state index in [9.17, 15) is 14.1 Å². The lowest BCUT2D eigenvalue weighted by Gasteiger charge is -2.45. The second-order valence-electron chi connectivity index (χ2n) is 11.5. The number of carbonyl (C=O) groups is 1. The zero-order chi connectivity index (χ0) is 26.5. The number of rotatable bonds is 0. The van der Waals surface area contributed by atoms with Crippen LogP contribution in [0, 0.1) is 11.8 Å². The molecule has 8 heteroatoms. The Morgan fingerprint density at radius 2 is 2.05 bits per heavy atom. The molecule has 1 fully saturated rings. The number of nitrogens with one attached hydrogen (secondary N) is 1. The number of carbonyl (C=O) groups excluding carboxylic acids is 1. The van der Waals surface area contributed by atoms with Crippen molar-refractivity contribution in [2.75, 3.05) is 30.3 Å². The van der Waals surface area contributed by atoms with Crippen molar-refractivity contribution in [2.45, 2.75) is 50.0 Å². The fraction of sp³-hybridized carbons (Fsp3) is 0.467. The second kappa shape index (κ2) is 9.92. The predicted molar refractivity (Wildman–Crippen MR) is 154 cm³/mol. The second-order valence-corrected chi connectivity index (χ2v) is 14.1. The number of ether oxygens (including phenoxy) is 1. The average molecular weight is 555 g/mol. The van der Waals surface area contributed by atoms with Crippen molar-refractivity contribution in [1.29, 1.82) is 0 Å². The van der Waals surface area contributed by atoms with Crippen LogP contribution >= 0.6 is 11.6 Å². The summed E-state index contributed by atoms with van der Waals surface area (Å²) < 4.78 is 22.1. The molecule has 2 aliphatic carbocycles. The number of nitrogens with zero attached hydrogens (tertiary/aromatic N) is 1. The molecular formula is C30H35ClN2O4S. The summed E-state index contributed by atoms with van der Waals surface area (Å²) in [5.41, 5.74) is 3.68. The van der Waals surface area contributed by atoms with Gasteiger partial charge in [-0.05, 0) is 97.7 Å². The van der Waals surface area contributed by atoms with Gasteiger partial charge in [-0.25, -0.2) is 4.21 Å². The van der Waals surface area contributed by atoms with Crippen LogP contribution in [-0.4, -0.2) is 52.6 Å². The number of fused-ring (bicyclic) bond motifs is 4. The molecule has 0 aromatic heterocycles. The molecule has 2 N–H and O–H groups in total. The number of aryl methyl sites for hydroxylation is 1. The van der Waals surface area contributed by atoms with Crippen LogP contribution in [0.1, 0.15) is 53.6 Å². The molecule has 1 unspecified atom stereocenters. The first-order valence-electron chi connectivity index (χ1n) is 13.5. The van der Waals surface area contributed by atoms with Crippen LogP contribution in [0.4, 0.5) is 5.69 Å². The van der Waals surface area contributed by atoms with Crippen LogP contribution in [0.25, 0.3) is 0 Å². The van der Waals surface area contributed by atoms with Gasteiger partial charge < -0.3 is 14.7 Å². The van der Waals surface area contributed by atoms with E-state index < -0.39 is 21.7 Å². The van der Waals surface area contributed by atoms with E-state index in [1.807, 2.05) is 24.3 Å². The van der Waals surface area contributed by atoms with E-state index in [4.69, 9.17) is 16.3 Å². The third kappa shape index (κ3) is 4.85. The van der Waals surface area contributed by atoms with E-state index in [1.165, 1.54) is 11.1 Å². The summed E-state index contributed by atoms with van der Waals surface area (Å²) in [5.74, 6) is 4.78. The maximum absolute atomic E-state index is 13.1. The van der Waals surface area contributed by atoms with E-state index in [1.54, 1.807) is 12.1 Å². The predicted octanol–water partition coefficient (Wildman–Crippen LogP) is 4.52. The smallest absolute Gasteiger partial charge is 0.262 e. The molecule has 1 amide bonds. The van der Waals surface area contributed by atoms with E-state index >= 15 is 0 Å². The summed E-state index contributed by atoms with van der Waals surface area (Å²) in [6, 6.07) is 11.7. The summed E-state index contributed by atoms with van der Waals surface area (Å²) >= 11 is 6.37. The summed E-state index contributed by atoms with van der Waals surface area (Å²) in [6.07, 6.45) is 8.80. The van der Waals surface area contributed by atoms with Gasteiger partial charge in [0.1, 0.15) is 5.75 Å². The highest BCUT2D eigenvalue weighted by atomic mass is 35.5. The third-order valence-corrected chi connectivity index (χ3v) is 10.4. The first-order valence-corrected chi connectivity index (χ1v) is 15.8. The van der Waals surface area contributed by atoms with Crippen molar-refractivity contribution in [3.8, 4) is 5.75 Å². The van der Waals surface area contributed by atoms with Crippen LogP contribution in [-0.2, 0) is 21.5 Å². The van der Waals surface area contributed by atoms with E-state index in [0.717, 1.165) is 61.7 Å². The number of anilines is 1. The normalized spacial score (nSPS) is 33.8. The molecule has 4 aliphatic rings. The molecule has 0 radical (unpaired) electrons. The Morgan fingerprint density at radius 3 is 2.87 bits per heavy atom.